The first kappa shape index (κ1) is 8.81. The van der Waals surface area contributed by atoms with Crippen molar-refractivity contribution in [1.29, 1.82) is 0 Å². The van der Waals surface area contributed by atoms with Crippen molar-refractivity contribution in [2.75, 3.05) is 9.38 Å². The normalized spacial score (nSPS) is 11.4. The Bertz CT molecular complexity index is 307. The van der Waals surface area contributed by atoms with Gasteiger partial charge in [-0.1, -0.05) is 25.5 Å². The van der Waals surface area contributed by atoms with Crippen LogP contribution in [0.5, 0.6) is 0 Å². The summed E-state index contributed by atoms with van der Waals surface area (Å²) < 4.78 is 27.0. The number of nitrogens with zero attached hydrogens (tertiary/aromatic N) is 3. The van der Waals surface area contributed by atoms with Gasteiger partial charge in [-0.05, 0) is 5.21 Å². The molecule has 1 heterocycles. The van der Waals surface area contributed by atoms with E-state index in [1.165, 1.54) is 0 Å². The third-order valence-corrected chi connectivity index (χ3v) is 3.93. The number of aromatic nitrogens is 3. The highest BCUT2D eigenvalue weighted by Gasteiger charge is 2.09. The zero-order valence-electron chi connectivity index (χ0n) is 5.06. The first-order valence-corrected chi connectivity index (χ1v) is 5.90. The van der Waals surface area contributed by atoms with E-state index in [-0.39, 0.29) is 9.79 Å². The van der Waals surface area contributed by atoms with Crippen LogP contribution in [0.3, 0.4) is 0 Å². The zero-order valence-corrected chi connectivity index (χ0v) is 8.28. The second-order valence-electron chi connectivity index (χ2n) is 1.49. The molecule has 1 aromatic heterocycles. The van der Waals surface area contributed by atoms with Crippen LogP contribution >= 0.6 is 27.5 Å². The lowest BCUT2D eigenvalue weighted by atomic mass is 11.3. The lowest BCUT2D eigenvalue weighted by Crippen LogP contribution is -2.12. The molecule has 62 valence electrons. The SMILES string of the molecule is O=S(=O)(CBr)Nc1nnns1. The molecule has 0 atom stereocenters. The van der Waals surface area contributed by atoms with E-state index in [0.29, 0.717) is 0 Å². The molecule has 0 saturated heterocycles. The molecule has 0 fully saturated rings. The Morgan fingerprint density at radius 3 is 2.82 bits per heavy atom. The topological polar surface area (TPSA) is 84.8 Å². The Labute approximate surface area is 75.4 Å². The number of rotatable bonds is 3. The molecule has 0 aromatic carbocycles. The highest BCUT2D eigenvalue weighted by molar-refractivity contribution is 9.10. The fraction of sp³-hybridized carbons (Fsp3) is 0.500. The molecule has 0 amide bonds. The quantitative estimate of drug-likeness (QED) is 0.774. The van der Waals surface area contributed by atoms with Gasteiger partial charge in [-0.2, -0.15) is 0 Å². The van der Waals surface area contributed by atoms with Crippen LogP contribution in [-0.4, -0.2) is 27.9 Å². The van der Waals surface area contributed by atoms with Gasteiger partial charge < -0.3 is 0 Å². The van der Waals surface area contributed by atoms with Crippen LogP contribution in [-0.2, 0) is 10.0 Å². The van der Waals surface area contributed by atoms with E-state index in [4.69, 9.17) is 0 Å². The summed E-state index contributed by atoms with van der Waals surface area (Å²) in [7, 11) is -3.31. The first-order chi connectivity index (χ1) is 5.14. The number of sulfonamides is 1. The molecule has 0 aliphatic heterocycles. The summed E-state index contributed by atoms with van der Waals surface area (Å²) in [5.41, 5.74) is 0. The molecular formula is C2H3BrN4O2S2. The van der Waals surface area contributed by atoms with E-state index in [2.05, 4.69) is 35.5 Å². The lowest BCUT2D eigenvalue weighted by Gasteiger charge is -1.96. The van der Waals surface area contributed by atoms with Crippen LogP contribution < -0.4 is 4.72 Å². The standard InChI is InChI=1S/C2H3BrN4O2S2/c3-1-11(8,9)5-2-4-6-7-10-2/h1H2,(H,4,5,7). The van der Waals surface area contributed by atoms with Crippen molar-refractivity contribution in [3.63, 3.8) is 0 Å². The summed E-state index contributed by atoms with van der Waals surface area (Å²) in [6.07, 6.45) is 0. The number of hydrogen-bond acceptors (Lipinski definition) is 6. The predicted octanol–water partition coefficient (Wildman–Crippen LogP) is 0.0272. The van der Waals surface area contributed by atoms with Crippen LogP contribution in [0.2, 0.25) is 0 Å². The minimum absolute atomic E-state index is 0.167. The van der Waals surface area contributed by atoms with Crippen molar-refractivity contribution in [2.24, 2.45) is 0 Å². The van der Waals surface area contributed by atoms with Crippen LogP contribution in [0.25, 0.3) is 0 Å². The molecule has 0 aliphatic carbocycles. The van der Waals surface area contributed by atoms with Crippen molar-refractivity contribution in [1.82, 2.24) is 14.8 Å². The van der Waals surface area contributed by atoms with Gasteiger partial charge >= 0.3 is 0 Å². The van der Waals surface area contributed by atoms with Crippen molar-refractivity contribution < 1.29 is 8.42 Å². The van der Waals surface area contributed by atoms with Gasteiger partial charge in [0.1, 0.15) is 4.66 Å². The highest BCUT2D eigenvalue weighted by Crippen LogP contribution is 2.08. The van der Waals surface area contributed by atoms with Gasteiger partial charge in [-0.25, -0.2) is 8.42 Å². The monoisotopic (exact) mass is 258 g/mol. The van der Waals surface area contributed by atoms with Gasteiger partial charge in [-0.15, -0.1) is 0 Å². The van der Waals surface area contributed by atoms with Crippen molar-refractivity contribution in [3.05, 3.63) is 0 Å². The molecule has 9 heteroatoms. The van der Waals surface area contributed by atoms with Gasteiger partial charge in [0.05, 0.1) is 0 Å². The maximum Gasteiger partial charge on any atom is 0.244 e. The van der Waals surface area contributed by atoms with Crippen molar-refractivity contribution in [2.45, 2.75) is 0 Å². The lowest BCUT2D eigenvalue weighted by molar-refractivity contribution is 0.606. The molecule has 0 aliphatic rings. The smallest absolute Gasteiger partial charge is 0.244 e. The summed E-state index contributed by atoms with van der Waals surface area (Å²) in [5, 5.41) is 6.78. The third-order valence-electron chi connectivity index (χ3n) is 0.686. The molecular weight excluding hydrogens is 256 g/mol. The van der Waals surface area contributed by atoms with Crippen LogP contribution in [0.1, 0.15) is 0 Å². The number of halogens is 1. The highest BCUT2D eigenvalue weighted by atomic mass is 79.9. The summed E-state index contributed by atoms with van der Waals surface area (Å²) in [5.74, 6) is 0. The molecule has 0 spiro atoms. The maximum absolute atomic E-state index is 10.8. The van der Waals surface area contributed by atoms with E-state index < -0.39 is 10.0 Å². The number of nitrogens with one attached hydrogen (secondary N) is 1. The molecule has 1 N–H and O–H groups in total. The second-order valence-corrected chi connectivity index (χ2v) is 5.25. The predicted molar refractivity (Wildman–Crippen MR) is 44.0 cm³/mol. The van der Waals surface area contributed by atoms with Crippen molar-refractivity contribution >= 4 is 42.6 Å². The Hall–Kier alpha value is -0.280. The van der Waals surface area contributed by atoms with Crippen LogP contribution in [0.4, 0.5) is 5.13 Å². The first-order valence-electron chi connectivity index (χ1n) is 2.35. The average molecular weight is 259 g/mol. The van der Waals surface area contributed by atoms with E-state index in [9.17, 15) is 8.42 Å². The van der Waals surface area contributed by atoms with Crippen LogP contribution in [0.15, 0.2) is 0 Å². The Morgan fingerprint density at radius 2 is 2.36 bits per heavy atom. The van der Waals surface area contributed by atoms with E-state index in [0.717, 1.165) is 11.5 Å². The molecule has 0 bridgehead atoms. The molecule has 1 rings (SSSR count). The number of anilines is 1. The number of hydrogen-bond donors (Lipinski definition) is 1. The largest absolute Gasteiger partial charge is 0.255 e. The Kier molecular flexibility index (Phi) is 2.73. The average Bonchev–Trinajstić information content (AvgIpc) is 2.39. The Balaban J connectivity index is 2.72. The third kappa shape index (κ3) is 2.67. The number of alkyl halides is 1. The fourth-order valence-corrected chi connectivity index (χ4v) is 1.79. The summed E-state index contributed by atoms with van der Waals surface area (Å²) >= 11 is 3.68. The second kappa shape index (κ2) is 3.41. The molecule has 0 saturated carbocycles. The maximum atomic E-state index is 10.8. The fourth-order valence-electron chi connectivity index (χ4n) is 0.333. The Morgan fingerprint density at radius 1 is 1.64 bits per heavy atom. The molecule has 11 heavy (non-hydrogen) atoms. The van der Waals surface area contributed by atoms with Gasteiger partial charge in [0.15, 0.2) is 0 Å². The molecule has 0 unspecified atom stereocenters. The van der Waals surface area contributed by atoms with E-state index >= 15 is 0 Å². The van der Waals surface area contributed by atoms with Crippen LogP contribution in [0, 0.1) is 0 Å². The van der Waals surface area contributed by atoms with Gasteiger partial charge in [0.2, 0.25) is 15.2 Å². The summed E-state index contributed by atoms with van der Waals surface area (Å²) in [6.45, 7) is 0. The van der Waals surface area contributed by atoms with E-state index in [1.807, 2.05) is 0 Å². The summed E-state index contributed by atoms with van der Waals surface area (Å²) in [6, 6.07) is 0. The van der Waals surface area contributed by atoms with Crippen molar-refractivity contribution in [3.8, 4) is 0 Å². The minimum Gasteiger partial charge on any atom is -0.255 e. The molecule has 6 nitrogen and oxygen atoms in total. The molecule has 0 radical (unpaired) electrons. The minimum atomic E-state index is -3.31. The van der Waals surface area contributed by atoms with Gasteiger partial charge in [-0.3, -0.25) is 4.72 Å². The molecule has 1 aromatic rings. The van der Waals surface area contributed by atoms with Gasteiger partial charge in [0.25, 0.3) is 0 Å². The summed E-state index contributed by atoms with van der Waals surface area (Å²) in [4.78, 5) is 0. The van der Waals surface area contributed by atoms with E-state index in [1.54, 1.807) is 0 Å². The zero-order chi connectivity index (χ0) is 8.32. The van der Waals surface area contributed by atoms with Gasteiger partial charge in [0, 0.05) is 11.5 Å².